The molecule has 0 unspecified atom stereocenters. The average Bonchev–Trinajstić information content (AvgIpc) is 3.11. The number of ether oxygens (including phenoxy) is 2. The van der Waals surface area contributed by atoms with Gasteiger partial charge in [-0.25, -0.2) is 4.68 Å². The molecule has 0 aromatic carbocycles. The van der Waals surface area contributed by atoms with Crippen LogP contribution in [0.15, 0.2) is 0 Å². The number of carbonyl (C=O) groups excluding carboxylic acids is 1. The van der Waals surface area contributed by atoms with E-state index in [2.05, 4.69) is 15.3 Å². The molecule has 0 radical (unpaired) electrons. The lowest BCUT2D eigenvalue weighted by Gasteiger charge is -2.27. The number of nitrogens with one attached hydrogen (secondary N) is 1. The van der Waals surface area contributed by atoms with Crippen molar-refractivity contribution < 1.29 is 14.3 Å². The van der Waals surface area contributed by atoms with Gasteiger partial charge in [-0.05, 0) is 39.2 Å². The fraction of sp³-hybridized carbons (Fsp3) is 0.765. The molecule has 3 rings (SSSR count). The van der Waals surface area contributed by atoms with Crippen LogP contribution in [0.3, 0.4) is 0 Å². The molecule has 1 aromatic rings. The highest BCUT2D eigenvalue weighted by Crippen LogP contribution is 2.38. The molecular weight excluding hydrogens is 308 g/mol. The van der Waals surface area contributed by atoms with Crippen LogP contribution < -0.4 is 10.1 Å². The number of carbonyl (C=O) groups is 1. The van der Waals surface area contributed by atoms with Gasteiger partial charge in [-0.15, -0.1) is 0 Å². The second-order valence-corrected chi connectivity index (χ2v) is 6.71. The SMILES string of the molecule is COc1c([C@@H]2CCCN2CC(=O)NC2CCOCC2)c(C)nn1C. The summed E-state index contributed by atoms with van der Waals surface area (Å²) in [5, 5.41) is 7.64. The van der Waals surface area contributed by atoms with Crippen molar-refractivity contribution in [2.45, 2.75) is 44.7 Å². The molecule has 134 valence electrons. The fourth-order valence-electron chi connectivity index (χ4n) is 3.92. The fourth-order valence-corrected chi connectivity index (χ4v) is 3.92. The summed E-state index contributed by atoms with van der Waals surface area (Å²) in [7, 11) is 3.57. The first kappa shape index (κ1) is 17.2. The minimum atomic E-state index is 0.106. The van der Waals surface area contributed by atoms with E-state index in [1.807, 2.05) is 14.0 Å². The molecule has 1 atom stereocenters. The Hall–Kier alpha value is -1.60. The van der Waals surface area contributed by atoms with Gasteiger partial charge in [0.05, 0.1) is 24.9 Å². The molecule has 1 amide bonds. The maximum absolute atomic E-state index is 12.4. The van der Waals surface area contributed by atoms with Crippen LogP contribution in [0.25, 0.3) is 0 Å². The average molecular weight is 336 g/mol. The summed E-state index contributed by atoms with van der Waals surface area (Å²) in [6.45, 7) is 4.85. The zero-order valence-electron chi connectivity index (χ0n) is 14.9. The van der Waals surface area contributed by atoms with Crippen molar-refractivity contribution in [1.29, 1.82) is 0 Å². The van der Waals surface area contributed by atoms with Crippen LogP contribution in [0, 0.1) is 6.92 Å². The smallest absolute Gasteiger partial charge is 0.234 e. The first-order chi connectivity index (χ1) is 11.6. The van der Waals surface area contributed by atoms with Gasteiger partial charge in [0, 0.05) is 32.3 Å². The third kappa shape index (κ3) is 3.57. The van der Waals surface area contributed by atoms with E-state index >= 15 is 0 Å². The summed E-state index contributed by atoms with van der Waals surface area (Å²) in [6, 6.07) is 0.455. The van der Waals surface area contributed by atoms with E-state index in [1.165, 1.54) is 0 Å². The molecular formula is C17H28N4O3. The zero-order chi connectivity index (χ0) is 17.1. The Morgan fingerprint density at radius 3 is 2.83 bits per heavy atom. The third-order valence-electron chi connectivity index (χ3n) is 5.04. The maximum Gasteiger partial charge on any atom is 0.234 e. The van der Waals surface area contributed by atoms with Crippen molar-refractivity contribution in [3.8, 4) is 5.88 Å². The van der Waals surface area contributed by atoms with Crippen LogP contribution in [0.1, 0.15) is 43.0 Å². The Morgan fingerprint density at radius 1 is 1.38 bits per heavy atom. The molecule has 24 heavy (non-hydrogen) atoms. The van der Waals surface area contributed by atoms with E-state index in [1.54, 1.807) is 11.8 Å². The molecule has 0 bridgehead atoms. The molecule has 1 N–H and O–H groups in total. The summed E-state index contributed by atoms with van der Waals surface area (Å²) >= 11 is 0. The molecule has 1 aromatic heterocycles. The van der Waals surface area contributed by atoms with E-state index in [4.69, 9.17) is 9.47 Å². The highest BCUT2D eigenvalue weighted by Gasteiger charge is 2.33. The van der Waals surface area contributed by atoms with Crippen molar-refractivity contribution in [2.75, 3.05) is 33.4 Å². The molecule has 0 saturated carbocycles. The van der Waals surface area contributed by atoms with Gasteiger partial charge >= 0.3 is 0 Å². The summed E-state index contributed by atoms with van der Waals surface area (Å²) in [4.78, 5) is 14.7. The molecule has 3 heterocycles. The molecule has 7 nitrogen and oxygen atoms in total. The van der Waals surface area contributed by atoms with Crippen LogP contribution in [0.4, 0.5) is 0 Å². The van der Waals surface area contributed by atoms with Crippen LogP contribution in [-0.2, 0) is 16.6 Å². The minimum Gasteiger partial charge on any atom is -0.481 e. The number of aromatic nitrogens is 2. The van der Waals surface area contributed by atoms with Crippen molar-refractivity contribution >= 4 is 5.91 Å². The number of methoxy groups -OCH3 is 1. The van der Waals surface area contributed by atoms with Gasteiger partial charge in [0.1, 0.15) is 0 Å². The number of amides is 1. The summed E-state index contributed by atoms with van der Waals surface area (Å²) in [5.41, 5.74) is 2.10. The molecule has 0 aliphatic carbocycles. The molecule has 0 spiro atoms. The Kier molecular flexibility index (Phi) is 5.40. The van der Waals surface area contributed by atoms with Gasteiger partial charge < -0.3 is 14.8 Å². The van der Waals surface area contributed by atoms with Crippen LogP contribution in [-0.4, -0.2) is 60.0 Å². The first-order valence-electron chi connectivity index (χ1n) is 8.78. The van der Waals surface area contributed by atoms with Crippen molar-refractivity contribution in [1.82, 2.24) is 20.0 Å². The largest absolute Gasteiger partial charge is 0.481 e. The third-order valence-corrected chi connectivity index (χ3v) is 5.04. The topological polar surface area (TPSA) is 68.6 Å². The van der Waals surface area contributed by atoms with E-state index in [0.717, 1.165) is 62.6 Å². The molecule has 2 aliphatic heterocycles. The monoisotopic (exact) mass is 336 g/mol. The minimum absolute atomic E-state index is 0.106. The van der Waals surface area contributed by atoms with Gasteiger partial charge in [-0.1, -0.05) is 0 Å². The van der Waals surface area contributed by atoms with Crippen molar-refractivity contribution in [3.05, 3.63) is 11.3 Å². The predicted octanol–water partition coefficient (Wildman–Crippen LogP) is 1.17. The lowest BCUT2D eigenvalue weighted by Crippen LogP contribution is -2.44. The second kappa shape index (κ2) is 7.53. The predicted molar refractivity (Wildman–Crippen MR) is 90.0 cm³/mol. The van der Waals surface area contributed by atoms with Crippen molar-refractivity contribution in [3.63, 3.8) is 0 Å². The number of hydrogen-bond donors (Lipinski definition) is 1. The zero-order valence-corrected chi connectivity index (χ0v) is 14.9. The standard InChI is InChI=1S/C17H28N4O3/c1-12-16(17(23-3)20(2)19-12)14-5-4-8-21(14)11-15(22)18-13-6-9-24-10-7-13/h13-14H,4-11H2,1-3H3,(H,18,22)/t14-/m0/s1. The number of rotatable bonds is 5. The van der Waals surface area contributed by atoms with Gasteiger partial charge in [-0.2, -0.15) is 5.10 Å². The summed E-state index contributed by atoms with van der Waals surface area (Å²) < 4.78 is 12.7. The Bertz CT molecular complexity index is 581. The lowest BCUT2D eigenvalue weighted by atomic mass is 10.0. The summed E-state index contributed by atoms with van der Waals surface area (Å²) in [5.74, 6) is 0.906. The van der Waals surface area contributed by atoms with Crippen LogP contribution in [0.5, 0.6) is 5.88 Å². The lowest BCUT2D eigenvalue weighted by molar-refractivity contribution is -0.123. The van der Waals surface area contributed by atoms with Crippen LogP contribution in [0.2, 0.25) is 0 Å². The van der Waals surface area contributed by atoms with Gasteiger partial charge in [-0.3, -0.25) is 9.69 Å². The van der Waals surface area contributed by atoms with E-state index in [0.29, 0.717) is 6.54 Å². The first-order valence-corrected chi connectivity index (χ1v) is 8.78. The summed E-state index contributed by atoms with van der Waals surface area (Å²) in [6.07, 6.45) is 3.94. The number of likely N-dealkylation sites (tertiary alicyclic amines) is 1. The van der Waals surface area contributed by atoms with Crippen LogP contribution >= 0.6 is 0 Å². The number of hydrogen-bond acceptors (Lipinski definition) is 5. The van der Waals surface area contributed by atoms with E-state index < -0.39 is 0 Å². The second-order valence-electron chi connectivity index (χ2n) is 6.71. The van der Waals surface area contributed by atoms with E-state index in [-0.39, 0.29) is 18.0 Å². The molecule has 2 saturated heterocycles. The van der Waals surface area contributed by atoms with Crippen molar-refractivity contribution in [2.24, 2.45) is 7.05 Å². The van der Waals surface area contributed by atoms with Gasteiger partial charge in [0.25, 0.3) is 0 Å². The Labute approximate surface area is 143 Å². The normalized spacial score (nSPS) is 22.7. The van der Waals surface area contributed by atoms with Gasteiger partial charge in [0.2, 0.25) is 11.8 Å². The van der Waals surface area contributed by atoms with E-state index in [9.17, 15) is 4.79 Å². The Morgan fingerprint density at radius 2 is 2.12 bits per heavy atom. The maximum atomic E-state index is 12.4. The number of nitrogens with zero attached hydrogens (tertiary/aromatic N) is 3. The number of aryl methyl sites for hydroxylation is 2. The van der Waals surface area contributed by atoms with Gasteiger partial charge in [0.15, 0.2) is 0 Å². The molecule has 7 heteroatoms. The molecule has 2 fully saturated rings. The molecule has 2 aliphatic rings. The highest BCUT2D eigenvalue weighted by atomic mass is 16.5. The highest BCUT2D eigenvalue weighted by molar-refractivity contribution is 5.78. The Balaban J connectivity index is 1.66. The quantitative estimate of drug-likeness (QED) is 0.874.